The first-order chi connectivity index (χ1) is 42.0. The number of carbonyl (C=O) groups is 2. The number of nitrogens with zero attached hydrogens (tertiary/aromatic N) is 1. The molecular formula is C76H143NO8P+. The van der Waals surface area contributed by atoms with E-state index in [9.17, 15) is 19.0 Å². The fourth-order valence-corrected chi connectivity index (χ4v) is 11.6. The summed E-state index contributed by atoms with van der Waals surface area (Å²) < 4.78 is 34.7. The first-order valence-electron chi connectivity index (χ1n) is 37.0. The van der Waals surface area contributed by atoms with Crippen molar-refractivity contribution in [3.8, 4) is 0 Å². The van der Waals surface area contributed by atoms with Gasteiger partial charge >= 0.3 is 19.8 Å². The van der Waals surface area contributed by atoms with Crippen molar-refractivity contribution in [1.82, 2.24) is 0 Å². The number of phosphoric ester groups is 1. The van der Waals surface area contributed by atoms with Crippen LogP contribution in [0.2, 0.25) is 0 Å². The molecule has 0 rings (SSSR count). The second-order valence-electron chi connectivity index (χ2n) is 26.3. The number of phosphoric acid groups is 1. The van der Waals surface area contributed by atoms with E-state index in [0.717, 1.165) is 64.2 Å². The standard InChI is InChI=1S/C76H142NO8P/c1-6-8-10-12-14-16-18-20-22-24-26-28-30-31-32-33-34-35-36-37-38-39-40-41-42-43-44-45-47-48-50-52-54-56-58-60-62-64-66-68-75(78)82-72-74(73-84-86(80,81)83-71-70-77(3,4)5)85-76(79)69-67-65-63-61-59-57-55-53-51-49-46-29-27-25-23-21-19-17-15-13-11-9-7-2/h18-21,24-27,46,49,74H,6-17,22-23,28-45,47-48,50-73H2,1-5H3/p+1/b20-18-,21-19-,26-24-,27-25-,49-46-. The Labute approximate surface area is 534 Å². The molecule has 0 spiro atoms. The molecule has 0 aliphatic carbocycles. The van der Waals surface area contributed by atoms with E-state index in [1.165, 1.54) is 263 Å². The second-order valence-corrected chi connectivity index (χ2v) is 27.8. The van der Waals surface area contributed by atoms with Gasteiger partial charge in [0.2, 0.25) is 0 Å². The van der Waals surface area contributed by atoms with Crippen LogP contribution in [0.4, 0.5) is 0 Å². The Bertz CT molecular complexity index is 1630. The number of unbranched alkanes of at least 4 members (excludes halogenated alkanes) is 45. The van der Waals surface area contributed by atoms with Crippen LogP contribution in [0.3, 0.4) is 0 Å². The van der Waals surface area contributed by atoms with Gasteiger partial charge in [0, 0.05) is 12.8 Å². The van der Waals surface area contributed by atoms with Gasteiger partial charge in [-0.3, -0.25) is 18.6 Å². The second kappa shape index (κ2) is 67.1. The summed E-state index contributed by atoms with van der Waals surface area (Å²) in [5.74, 6) is -0.790. The molecule has 0 heterocycles. The van der Waals surface area contributed by atoms with E-state index in [-0.39, 0.29) is 25.6 Å². The van der Waals surface area contributed by atoms with E-state index >= 15 is 0 Å². The molecular weight excluding hydrogens is 1090 g/mol. The van der Waals surface area contributed by atoms with Crippen molar-refractivity contribution >= 4 is 19.8 Å². The summed E-state index contributed by atoms with van der Waals surface area (Å²) >= 11 is 0. The third kappa shape index (κ3) is 70.8. The number of carbonyl (C=O) groups excluding carboxylic acids is 2. The summed E-state index contributed by atoms with van der Waals surface area (Å²) in [5.41, 5.74) is 0. The zero-order valence-corrected chi connectivity index (χ0v) is 58.5. The minimum Gasteiger partial charge on any atom is -0.462 e. The maximum atomic E-state index is 12.9. The number of likely N-dealkylation sites (N-methyl/N-ethyl adjacent to an activating group) is 1. The molecule has 504 valence electrons. The summed E-state index contributed by atoms with van der Waals surface area (Å²) in [5, 5.41) is 0. The summed E-state index contributed by atoms with van der Waals surface area (Å²) in [6.45, 7) is 4.45. The van der Waals surface area contributed by atoms with Crippen molar-refractivity contribution < 1.29 is 42.1 Å². The van der Waals surface area contributed by atoms with Crippen LogP contribution in [0.5, 0.6) is 0 Å². The van der Waals surface area contributed by atoms with Gasteiger partial charge in [-0.15, -0.1) is 0 Å². The van der Waals surface area contributed by atoms with Gasteiger partial charge in [0.1, 0.15) is 19.8 Å². The number of hydrogen-bond donors (Lipinski definition) is 1. The van der Waals surface area contributed by atoms with Gasteiger partial charge in [0.15, 0.2) is 6.10 Å². The van der Waals surface area contributed by atoms with Crippen LogP contribution >= 0.6 is 7.82 Å². The van der Waals surface area contributed by atoms with Gasteiger partial charge in [-0.2, -0.15) is 0 Å². The molecule has 9 nitrogen and oxygen atoms in total. The van der Waals surface area contributed by atoms with Crippen LogP contribution in [0.25, 0.3) is 0 Å². The highest BCUT2D eigenvalue weighted by Gasteiger charge is 2.27. The predicted molar refractivity (Wildman–Crippen MR) is 372 cm³/mol. The maximum absolute atomic E-state index is 12.9. The largest absolute Gasteiger partial charge is 0.472 e. The fraction of sp³-hybridized carbons (Fsp3) is 0.842. The lowest BCUT2D eigenvalue weighted by Gasteiger charge is -2.24. The molecule has 0 amide bonds. The van der Waals surface area contributed by atoms with Gasteiger partial charge in [0.25, 0.3) is 0 Å². The van der Waals surface area contributed by atoms with E-state index in [1.54, 1.807) is 0 Å². The average molecular weight is 1230 g/mol. The van der Waals surface area contributed by atoms with E-state index in [0.29, 0.717) is 23.9 Å². The highest BCUT2D eigenvalue weighted by Crippen LogP contribution is 2.43. The summed E-state index contributed by atoms with van der Waals surface area (Å²) in [6.07, 6.45) is 89.2. The number of rotatable bonds is 69. The number of hydrogen-bond acceptors (Lipinski definition) is 7. The SMILES string of the molecule is CCCCCCC/C=C\C/C=C\C/C=C\CCCCCCCCCCC(=O)OC(COC(=O)CCCCCCCCCCCCCCCCCCCCCCCCCCCCC/C=C\C/C=C\CCCCCCC)COP(=O)(O)OCC[N+](C)(C)C. The van der Waals surface area contributed by atoms with Gasteiger partial charge in [0.05, 0.1) is 27.7 Å². The monoisotopic (exact) mass is 1230 g/mol. The molecule has 2 atom stereocenters. The Morgan fingerprint density at radius 1 is 0.360 bits per heavy atom. The van der Waals surface area contributed by atoms with Crippen LogP contribution in [0.15, 0.2) is 60.8 Å². The number of allylic oxidation sites excluding steroid dienone is 10. The average Bonchev–Trinajstić information content (AvgIpc) is 3.56. The lowest BCUT2D eigenvalue weighted by atomic mass is 10.0. The maximum Gasteiger partial charge on any atom is 0.472 e. The summed E-state index contributed by atoms with van der Waals surface area (Å²) in [6, 6.07) is 0. The minimum atomic E-state index is -4.39. The highest BCUT2D eigenvalue weighted by atomic mass is 31.2. The molecule has 0 saturated heterocycles. The third-order valence-electron chi connectivity index (χ3n) is 16.5. The quantitative estimate of drug-likeness (QED) is 0.0211. The Kier molecular flexibility index (Phi) is 65.3. The minimum absolute atomic E-state index is 0.0304. The molecule has 10 heteroatoms. The topological polar surface area (TPSA) is 108 Å². The van der Waals surface area contributed by atoms with E-state index in [2.05, 4.69) is 74.6 Å². The van der Waals surface area contributed by atoms with Crippen molar-refractivity contribution in [2.75, 3.05) is 47.5 Å². The summed E-state index contributed by atoms with van der Waals surface area (Å²) in [4.78, 5) is 35.9. The van der Waals surface area contributed by atoms with Crippen LogP contribution in [-0.2, 0) is 32.7 Å². The predicted octanol–water partition coefficient (Wildman–Crippen LogP) is 24.2. The zero-order valence-electron chi connectivity index (χ0n) is 57.6. The van der Waals surface area contributed by atoms with E-state index < -0.39 is 26.5 Å². The Morgan fingerprint density at radius 3 is 0.930 bits per heavy atom. The van der Waals surface area contributed by atoms with Crippen LogP contribution < -0.4 is 0 Å². The fourth-order valence-electron chi connectivity index (χ4n) is 10.8. The Balaban J connectivity index is 3.92. The van der Waals surface area contributed by atoms with Crippen LogP contribution in [-0.4, -0.2) is 74.9 Å². The smallest absolute Gasteiger partial charge is 0.462 e. The lowest BCUT2D eigenvalue weighted by Crippen LogP contribution is -2.37. The Hall–Kier alpha value is -2.29. The molecule has 0 aromatic heterocycles. The molecule has 0 fully saturated rings. The highest BCUT2D eigenvalue weighted by molar-refractivity contribution is 7.47. The van der Waals surface area contributed by atoms with Crippen molar-refractivity contribution in [2.45, 2.75) is 367 Å². The van der Waals surface area contributed by atoms with Gasteiger partial charge < -0.3 is 18.9 Å². The molecule has 2 unspecified atom stereocenters. The first kappa shape index (κ1) is 83.7. The Morgan fingerprint density at radius 2 is 0.628 bits per heavy atom. The third-order valence-corrected chi connectivity index (χ3v) is 17.5. The van der Waals surface area contributed by atoms with Crippen molar-refractivity contribution in [1.29, 1.82) is 0 Å². The molecule has 0 aromatic rings. The molecule has 1 N–H and O–H groups in total. The summed E-state index contributed by atoms with van der Waals surface area (Å²) in [7, 11) is 1.48. The molecule has 0 radical (unpaired) electrons. The lowest BCUT2D eigenvalue weighted by molar-refractivity contribution is -0.870. The normalized spacial score (nSPS) is 13.4. The van der Waals surface area contributed by atoms with E-state index in [1.807, 2.05) is 21.1 Å². The van der Waals surface area contributed by atoms with Gasteiger partial charge in [-0.1, -0.05) is 325 Å². The molecule has 0 aliphatic heterocycles. The molecule has 0 saturated carbocycles. The number of esters is 2. The van der Waals surface area contributed by atoms with Crippen molar-refractivity contribution in [3.63, 3.8) is 0 Å². The molecule has 0 bridgehead atoms. The van der Waals surface area contributed by atoms with E-state index in [4.69, 9.17) is 18.5 Å². The van der Waals surface area contributed by atoms with Gasteiger partial charge in [-0.25, -0.2) is 4.57 Å². The van der Waals surface area contributed by atoms with Crippen LogP contribution in [0.1, 0.15) is 361 Å². The van der Waals surface area contributed by atoms with Crippen LogP contribution in [0, 0.1) is 0 Å². The first-order valence-corrected chi connectivity index (χ1v) is 38.5. The molecule has 86 heavy (non-hydrogen) atoms. The van der Waals surface area contributed by atoms with Crippen molar-refractivity contribution in [2.24, 2.45) is 0 Å². The van der Waals surface area contributed by atoms with Crippen molar-refractivity contribution in [3.05, 3.63) is 60.8 Å². The molecule has 0 aromatic carbocycles. The zero-order chi connectivity index (χ0) is 62.6. The molecule has 0 aliphatic rings. The number of ether oxygens (including phenoxy) is 2. The van der Waals surface area contributed by atoms with Gasteiger partial charge in [-0.05, 0) is 83.5 Å². The number of quaternary nitrogens is 1.